The maximum absolute atomic E-state index is 13.0. The molecule has 0 saturated carbocycles. The van der Waals surface area contributed by atoms with Gasteiger partial charge in [-0.05, 0) is 63.2 Å². The van der Waals surface area contributed by atoms with E-state index in [4.69, 9.17) is 21.1 Å². The molecule has 2 aromatic carbocycles. The summed E-state index contributed by atoms with van der Waals surface area (Å²) in [6, 6.07) is 10.7. The van der Waals surface area contributed by atoms with Crippen LogP contribution in [0.3, 0.4) is 0 Å². The van der Waals surface area contributed by atoms with Crippen LogP contribution in [0.1, 0.15) is 31.1 Å². The van der Waals surface area contributed by atoms with E-state index in [0.29, 0.717) is 18.0 Å². The van der Waals surface area contributed by atoms with Crippen molar-refractivity contribution >= 4 is 33.3 Å². The number of halogens is 1. The maximum atomic E-state index is 13.0. The first-order valence-electron chi connectivity index (χ1n) is 8.57. The Hall–Kier alpha value is -2.25. The van der Waals surface area contributed by atoms with Crippen molar-refractivity contribution in [3.63, 3.8) is 0 Å². The topological polar surface area (TPSA) is 72.9 Å². The average molecular weight is 412 g/mol. The summed E-state index contributed by atoms with van der Waals surface area (Å²) >= 11 is 6.17. The fraction of sp³-hybridized carbons (Fsp3) is 0.316. The Bertz CT molecular complexity index is 897. The van der Waals surface area contributed by atoms with Gasteiger partial charge in [0.05, 0.1) is 34.4 Å². The lowest BCUT2D eigenvalue weighted by Gasteiger charge is -2.23. The van der Waals surface area contributed by atoms with Gasteiger partial charge in [-0.1, -0.05) is 11.6 Å². The molecule has 146 valence electrons. The maximum Gasteiger partial charge on any atom is 0.339 e. The summed E-state index contributed by atoms with van der Waals surface area (Å²) in [5.74, 6) is 0.0489. The lowest BCUT2D eigenvalue weighted by atomic mass is 10.2. The third-order valence-corrected chi connectivity index (χ3v) is 5.98. The normalized spacial score (nSPS) is 11.1. The van der Waals surface area contributed by atoms with Crippen LogP contribution in [-0.2, 0) is 14.8 Å². The van der Waals surface area contributed by atoms with Gasteiger partial charge in [0.2, 0.25) is 0 Å². The molecule has 6 nitrogen and oxygen atoms in total. The third kappa shape index (κ3) is 4.73. The van der Waals surface area contributed by atoms with Gasteiger partial charge >= 0.3 is 5.97 Å². The first kappa shape index (κ1) is 21.1. The molecule has 0 unspecified atom stereocenters. The van der Waals surface area contributed by atoms with E-state index in [1.165, 1.54) is 34.6 Å². The summed E-state index contributed by atoms with van der Waals surface area (Å²) < 4.78 is 37.5. The molecular formula is C19H22ClNO5S. The number of ether oxygens (including phenoxy) is 2. The minimum absolute atomic E-state index is 0.131. The van der Waals surface area contributed by atoms with Crippen LogP contribution in [-0.4, -0.2) is 34.1 Å². The summed E-state index contributed by atoms with van der Waals surface area (Å²) in [6.07, 6.45) is 0. The van der Waals surface area contributed by atoms with Crippen LogP contribution < -0.4 is 9.04 Å². The predicted octanol–water partition coefficient (Wildman–Crippen LogP) is 4.13. The Morgan fingerprint density at radius 2 is 1.70 bits per heavy atom. The summed E-state index contributed by atoms with van der Waals surface area (Å²) in [6.45, 7) is 6.20. The van der Waals surface area contributed by atoms with Crippen molar-refractivity contribution in [1.82, 2.24) is 0 Å². The predicted molar refractivity (Wildman–Crippen MR) is 105 cm³/mol. The first-order chi connectivity index (χ1) is 12.8. The van der Waals surface area contributed by atoms with Crippen LogP contribution in [0.15, 0.2) is 47.4 Å². The lowest BCUT2D eigenvalue weighted by Crippen LogP contribution is -2.30. The van der Waals surface area contributed by atoms with E-state index in [1.54, 1.807) is 26.0 Å². The van der Waals surface area contributed by atoms with E-state index in [-0.39, 0.29) is 28.6 Å². The van der Waals surface area contributed by atoms with E-state index < -0.39 is 16.0 Å². The zero-order valence-corrected chi connectivity index (χ0v) is 17.0. The number of anilines is 1. The second-order valence-electron chi connectivity index (χ2n) is 5.46. The fourth-order valence-electron chi connectivity index (χ4n) is 2.53. The molecule has 2 rings (SSSR count). The van der Waals surface area contributed by atoms with E-state index in [1.807, 2.05) is 6.92 Å². The number of nitrogens with zero attached hydrogens (tertiary/aromatic N) is 1. The van der Waals surface area contributed by atoms with Crippen LogP contribution in [0.2, 0.25) is 5.02 Å². The molecule has 0 heterocycles. The molecule has 0 aromatic heterocycles. The number of benzene rings is 2. The average Bonchev–Trinajstić information content (AvgIpc) is 2.63. The van der Waals surface area contributed by atoms with E-state index in [9.17, 15) is 13.2 Å². The minimum Gasteiger partial charge on any atom is -0.494 e. The van der Waals surface area contributed by atoms with Gasteiger partial charge in [0.1, 0.15) is 5.75 Å². The van der Waals surface area contributed by atoms with Gasteiger partial charge in [-0.25, -0.2) is 13.2 Å². The van der Waals surface area contributed by atoms with E-state index in [2.05, 4.69) is 0 Å². The molecule has 0 aliphatic heterocycles. The Morgan fingerprint density at radius 1 is 1.04 bits per heavy atom. The van der Waals surface area contributed by atoms with Crippen molar-refractivity contribution < 1.29 is 22.7 Å². The molecule has 27 heavy (non-hydrogen) atoms. The fourth-order valence-corrected chi connectivity index (χ4v) is 4.24. The highest BCUT2D eigenvalue weighted by atomic mass is 35.5. The van der Waals surface area contributed by atoms with Crippen molar-refractivity contribution in [3.05, 3.63) is 53.1 Å². The highest BCUT2D eigenvalue weighted by molar-refractivity contribution is 7.92. The van der Waals surface area contributed by atoms with Crippen molar-refractivity contribution in [2.45, 2.75) is 25.7 Å². The Morgan fingerprint density at radius 3 is 2.22 bits per heavy atom. The molecule has 0 saturated heterocycles. The van der Waals surface area contributed by atoms with Crippen molar-refractivity contribution in [3.8, 4) is 5.75 Å². The standard InChI is InChI=1S/C19H22ClNO5S/c1-4-21(14-7-12-17(18(20)13-14)19(22)26-6-3)27(23,24)16-10-8-15(9-11-16)25-5-2/h7-13H,4-6H2,1-3H3. The molecule has 0 fully saturated rings. The third-order valence-electron chi connectivity index (χ3n) is 3.75. The molecule has 0 amide bonds. The monoisotopic (exact) mass is 411 g/mol. The van der Waals surface area contributed by atoms with Crippen LogP contribution in [0.5, 0.6) is 5.75 Å². The molecule has 8 heteroatoms. The molecule has 0 atom stereocenters. The van der Waals surface area contributed by atoms with Crippen LogP contribution >= 0.6 is 11.6 Å². The number of esters is 1. The number of carbonyl (C=O) groups is 1. The zero-order valence-electron chi connectivity index (χ0n) is 15.4. The second-order valence-corrected chi connectivity index (χ2v) is 7.73. The summed E-state index contributed by atoms with van der Waals surface area (Å²) in [5.41, 5.74) is 0.557. The Kier molecular flexibility index (Phi) is 7.10. The number of carbonyl (C=O) groups excluding carboxylic acids is 1. The second kappa shape index (κ2) is 9.10. The molecule has 0 radical (unpaired) electrons. The van der Waals surface area contributed by atoms with E-state index in [0.717, 1.165) is 0 Å². The smallest absolute Gasteiger partial charge is 0.339 e. The molecule has 0 N–H and O–H groups in total. The molecule has 0 aliphatic rings. The quantitative estimate of drug-likeness (QED) is 0.610. The molecule has 0 bridgehead atoms. The number of sulfonamides is 1. The van der Waals surface area contributed by atoms with E-state index >= 15 is 0 Å². The summed E-state index contributed by atoms with van der Waals surface area (Å²) in [7, 11) is -3.79. The number of hydrogen-bond donors (Lipinski definition) is 0. The van der Waals surface area contributed by atoms with Crippen LogP contribution in [0.4, 0.5) is 5.69 Å². The number of rotatable bonds is 8. The van der Waals surface area contributed by atoms with Gasteiger partial charge < -0.3 is 9.47 Å². The minimum atomic E-state index is -3.79. The van der Waals surface area contributed by atoms with Gasteiger partial charge in [0.25, 0.3) is 10.0 Å². The summed E-state index contributed by atoms with van der Waals surface area (Å²) in [4.78, 5) is 12.0. The highest BCUT2D eigenvalue weighted by Crippen LogP contribution is 2.29. The Balaban J connectivity index is 2.37. The number of hydrogen-bond acceptors (Lipinski definition) is 5. The van der Waals surface area contributed by atoms with Gasteiger partial charge in [0.15, 0.2) is 0 Å². The van der Waals surface area contributed by atoms with Gasteiger partial charge in [-0.15, -0.1) is 0 Å². The first-order valence-corrected chi connectivity index (χ1v) is 10.4. The van der Waals surface area contributed by atoms with Crippen molar-refractivity contribution in [1.29, 1.82) is 0 Å². The highest BCUT2D eigenvalue weighted by Gasteiger charge is 2.25. The lowest BCUT2D eigenvalue weighted by molar-refractivity contribution is 0.0526. The van der Waals surface area contributed by atoms with Gasteiger partial charge in [0, 0.05) is 6.54 Å². The van der Waals surface area contributed by atoms with Crippen molar-refractivity contribution in [2.24, 2.45) is 0 Å². The van der Waals surface area contributed by atoms with Crippen LogP contribution in [0.25, 0.3) is 0 Å². The molecule has 2 aromatic rings. The Labute approximate surface area is 164 Å². The largest absolute Gasteiger partial charge is 0.494 e. The summed E-state index contributed by atoms with van der Waals surface area (Å²) in [5, 5.41) is 0.131. The molecule has 0 spiro atoms. The molecule has 0 aliphatic carbocycles. The van der Waals surface area contributed by atoms with Gasteiger partial charge in [-0.2, -0.15) is 0 Å². The zero-order chi connectivity index (χ0) is 20.0. The van der Waals surface area contributed by atoms with Gasteiger partial charge in [-0.3, -0.25) is 4.31 Å². The molecular weight excluding hydrogens is 390 g/mol. The van der Waals surface area contributed by atoms with Crippen molar-refractivity contribution in [2.75, 3.05) is 24.1 Å². The van der Waals surface area contributed by atoms with Crippen LogP contribution in [0, 0.1) is 0 Å². The SMILES string of the molecule is CCOC(=O)c1ccc(N(CC)S(=O)(=O)c2ccc(OCC)cc2)cc1Cl.